The second kappa shape index (κ2) is 4.68. The molecule has 0 aromatic carbocycles. The van der Waals surface area contributed by atoms with Crippen LogP contribution in [0.4, 0.5) is 4.39 Å². The van der Waals surface area contributed by atoms with Gasteiger partial charge in [0.05, 0.1) is 5.16 Å². The van der Waals surface area contributed by atoms with Gasteiger partial charge in [-0.3, -0.25) is 4.79 Å². The van der Waals surface area contributed by atoms with Crippen LogP contribution in [0.1, 0.15) is 0 Å². The quantitative estimate of drug-likeness (QED) is 0.307. The van der Waals surface area contributed by atoms with E-state index in [9.17, 15) is 9.18 Å². The fraction of sp³-hybridized carbons (Fsp3) is 0. The molecule has 0 spiro atoms. The minimum absolute atomic E-state index is 0.0566. The normalized spacial score (nSPS) is 12.9. The van der Waals surface area contributed by atoms with E-state index in [2.05, 4.69) is 6.58 Å². The molecule has 0 radical (unpaired) electrons. The summed E-state index contributed by atoms with van der Waals surface area (Å²) in [6, 6.07) is 0. The third-order valence-electron chi connectivity index (χ3n) is 0.838. The van der Waals surface area contributed by atoms with Gasteiger partial charge in [-0.25, -0.2) is 4.39 Å². The average Bonchev–Trinajstić information content (AvgIpc) is 1.98. The molecule has 2 N–H and O–H groups in total. The Morgan fingerprint density at radius 3 is 2.45 bits per heavy atom. The van der Waals surface area contributed by atoms with Crippen molar-refractivity contribution in [3.05, 3.63) is 35.3 Å². The maximum atomic E-state index is 12.5. The van der Waals surface area contributed by atoms with Gasteiger partial charge in [-0.2, -0.15) is 0 Å². The molecule has 0 heterocycles. The van der Waals surface area contributed by atoms with Gasteiger partial charge in [-0.1, -0.05) is 18.2 Å². The van der Waals surface area contributed by atoms with Crippen LogP contribution >= 0.6 is 11.6 Å². The van der Waals surface area contributed by atoms with Gasteiger partial charge in [0, 0.05) is 5.57 Å². The number of nitrogens with two attached hydrogens (primary N) is 1. The van der Waals surface area contributed by atoms with Crippen LogP contribution in [0.25, 0.3) is 0 Å². The smallest absolute Gasteiger partial charge is 0.152 e. The summed E-state index contributed by atoms with van der Waals surface area (Å²) >= 11 is 5.18. The number of carbonyl (C=O) groups excluding carboxylic acids is 1. The Bertz CT molecular complexity index is 229. The van der Waals surface area contributed by atoms with Gasteiger partial charge in [0.25, 0.3) is 0 Å². The molecule has 0 saturated heterocycles. The van der Waals surface area contributed by atoms with Crippen molar-refractivity contribution in [1.29, 1.82) is 0 Å². The summed E-state index contributed by atoms with van der Waals surface area (Å²) in [5, 5.41) is -0.0566. The number of hydrogen-bond donors (Lipinski definition) is 1. The number of halogens is 2. The first-order valence-electron chi connectivity index (χ1n) is 2.71. The largest absolute Gasteiger partial charge is 0.389 e. The lowest BCUT2D eigenvalue weighted by atomic mass is 10.3. The summed E-state index contributed by atoms with van der Waals surface area (Å²) in [5.41, 5.74) is 4.74. The minimum atomic E-state index is -0.747. The van der Waals surface area contributed by atoms with Gasteiger partial charge in [0.2, 0.25) is 0 Å². The predicted molar refractivity (Wildman–Crippen MR) is 42.5 cm³/mol. The van der Waals surface area contributed by atoms with Crippen LogP contribution in [0.2, 0.25) is 0 Å². The molecule has 0 aromatic rings. The Morgan fingerprint density at radius 1 is 1.55 bits per heavy atom. The van der Waals surface area contributed by atoms with Gasteiger partial charge >= 0.3 is 0 Å². The predicted octanol–water partition coefficient (Wildman–Crippen LogP) is 1.63. The van der Waals surface area contributed by atoms with Crippen molar-refractivity contribution >= 4 is 17.9 Å². The highest BCUT2D eigenvalue weighted by Crippen LogP contribution is 2.06. The van der Waals surface area contributed by atoms with Crippen LogP contribution in [-0.2, 0) is 4.79 Å². The fourth-order valence-electron chi connectivity index (χ4n) is 0.316. The summed E-state index contributed by atoms with van der Waals surface area (Å²) in [7, 11) is 0. The lowest BCUT2D eigenvalue weighted by Crippen LogP contribution is -1.86. The van der Waals surface area contributed by atoms with Crippen molar-refractivity contribution in [2.45, 2.75) is 0 Å². The van der Waals surface area contributed by atoms with Crippen LogP contribution in [0.5, 0.6) is 0 Å². The highest BCUT2D eigenvalue weighted by Gasteiger charge is 1.96. The van der Waals surface area contributed by atoms with Gasteiger partial charge < -0.3 is 5.73 Å². The molecule has 4 heteroatoms. The first-order chi connectivity index (χ1) is 5.07. The lowest BCUT2D eigenvalue weighted by Gasteiger charge is -1.88. The zero-order valence-electron chi connectivity index (χ0n) is 5.68. The number of allylic oxidation sites excluding steroid dienone is 4. The van der Waals surface area contributed by atoms with Gasteiger partial charge in [-0.15, -0.1) is 0 Å². The van der Waals surface area contributed by atoms with Crippen molar-refractivity contribution in [2.24, 2.45) is 5.73 Å². The molecule has 0 aliphatic carbocycles. The minimum Gasteiger partial charge on any atom is -0.389 e. The Morgan fingerprint density at radius 2 is 2.09 bits per heavy atom. The van der Waals surface area contributed by atoms with Crippen molar-refractivity contribution in [3.63, 3.8) is 0 Å². The van der Waals surface area contributed by atoms with Gasteiger partial charge in [-0.05, 0) is 12.2 Å². The zero-order valence-corrected chi connectivity index (χ0v) is 6.44. The fourth-order valence-corrected chi connectivity index (χ4v) is 0.379. The van der Waals surface area contributed by atoms with E-state index in [1.807, 2.05) is 0 Å². The van der Waals surface area contributed by atoms with Crippen LogP contribution in [0, 0.1) is 0 Å². The highest BCUT2D eigenvalue weighted by molar-refractivity contribution is 6.29. The molecule has 0 atom stereocenters. The van der Waals surface area contributed by atoms with E-state index in [0.29, 0.717) is 6.29 Å². The summed E-state index contributed by atoms with van der Waals surface area (Å²) in [6.07, 6.45) is 2.41. The van der Waals surface area contributed by atoms with E-state index in [1.54, 1.807) is 0 Å². The number of hydrogen-bond acceptors (Lipinski definition) is 2. The van der Waals surface area contributed by atoms with E-state index < -0.39 is 5.83 Å². The zero-order chi connectivity index (χ0) is 8.85. The molecule has 11 heavy (non-hydrogen) atoms. The van der Waals surface area contributed by atoms with Crippen LogP contribution in [0.15, 0.2) is 35.3 Å². The second-order valence-corrected chi connectivity index (χ2v) is 2.15. The van der Waals surface area contributed by atoms with E-state index in [4.69, 9.17) is 17.3 Å². The Balaban J connectivity index is 4.34. The maximum absolute atomic E-state index is 12.5. The molecule has 0 bridgehead atoms. The molecule has 0 saturated carbocycles. The number of rotatable bonds is 3. The van der Waals surface area contributed by atoms with E-state index in [1.165, 1.54) is 0 Å². The number of aldehydes is 1. The molecule has 2 nitrogen and oxygen atoms in total. The summed E-state index contributed by atoms with van der Waals surface area (Å²) in [5.74, 6) is -0.747. The van der Waals surface area contributed by atoms with Gasteiger partial charge in [0.1, 0.15) is 5.83 Å². The second-order valence-electron chi connectivity index (χ2n) is 1.71. The van der Waals surface area contributed by atoms with E-state index >= 15 is 0 Å². The SMILES string of the molecule is C=C(C=O)/C(F)=C\C=C(/N)Cl. The molecular formula is C7H7ClFNO. The summed E-state index contributed by atoms with van der Waals surface area (Å²) in [4.78, 5) is 9.93. The molecule has 0 aliphatic heterocycles. The average molecular weight is 176 g/mol. The van der Waals surface area contributed by atoms with Crippen LogP contribution < -0.4 is 5.73 Å². The van der Waals surface area contributed by atoms with Crippen LogP contribution in [-0.4, -0.2) is 6.29 Å². The molecule has 60 valence electrons. The van der Waals surface area contributed by atoms with Crippen molar-refractivity contribution in [1.82, 2.24) is 0 Å². The van der Waals surface area contributed by atoms with Crippen molar-refractivity contribution in [3.8, 4) is 0 Å². The molecule has 0 aliphatic rings. The molecule has 0 amide bonds. The van der Waals surface area contributed by atoms with Crippen LogP contribution in [0.3, 0.4) is 0 Å². The van der Waals surface area contributed by atoms with Gasteiger partial charge in [0.15, 0.2) is 6.29 Å². The molecule has 0 rings (SSSR count). The van der Waals surface area contributed by atoms with E-state index in [0.717, 1.165) is 12.2 Å². The summed E-state index contributed by atoms with van der Waals surface area (Å²) in [6.45, 7) is 3.13. The number of carbonyl (C=O) groups is 1. The molecule has 0 fully saturated rings. The standard InChI is InChI=1S/C7H7ClFNO/c1-5(4-11)6(9)2-3-7(8)10/h2-4H,1,10H2/b6-2+,7-3-. The lowest BCUT2D eigenvalue weighted by molar-refractivity contribution is -0.104. The monoisotopic (exact) mass is 175 g/mol. The third kappa shape index (κ3) is 4.33. The Kier molecular flexibility index (Phi) is 4.22. The molecule has 0 aromatic heterocycles. The first-order valence-corrected chi connectivity index (χ1v) is 3.08. The summed E-state index contributed by atoms with van der Waals surface area (Å²) < 4.78 is 12.5. The Labute approximate surface area is 68.8 Å². The first kappa shape index (κ1) is 9.91. The highest BCUT2D eigenvalue weighted by atomic mass is 35.5. The third-order valence-corrected chi connectivity index (χ3v) is 0.964. The Hall–Kier alpha value is -1.09. The maximum Gasteiger partial charge on any atom is 0.152 e. The van der Waals surface area contributed by atoms with Crippen molar-refractivity contribution in [2.75, 3.05) is 0 Å². The molecular weight excluding hydrogens is 169 g/mol. The topological polar surface area (TPSA) is 43.1 Å². The van der Waals surface area contributed by atoms with E-state index in [-0.39, 0.29) is 10.7 Å². The van der Waals surface area contributed by atoms with Crippen molar-refractivity contribution < 1.29 is 9.18 Å². The molecule has 0 unspecified atom stereocenters.